The predicted molar refractivity (Wildman–Crippen MR) is 79.6 cm³/mol. The zero-order valence-electron chi connectivity index (χ0n) is 12.2. The minimum Gasteiger partial charge on any atom is -0.454 e. The summed E-state index contributed by atoms with van der Waals surface area (Å²) >= 11 is 0. The van der Waals surface area contributed by atoms with Crippen LogP contribution in [0.15, 0.2) is 36.4 Å². The predicted octanol–water partition coefficient (Wildman–Crippen LogP) is 4.57. The van der Waals surface area contributed by atoms with Crippen LogP contribution in [0.1, 0.15) is 24.5 Å². The summed E-state index contributed by atoms with van der Waals surface area (Å²) in [4.78, 5) is 0. The van der Waals surface area contributed by atoms with Crippen LogP contribution < -0.4 is 10.1 Å². The maximum Gasteiger partial charge on any atom is 0.168 e. The van der Waals surface area contributed by atoms with Gasteiger partial charge in [-0.3, -0.25) is 0 Å². The van der Waals surface area contributed by atoms with E-state index in [9.17, 15) is 8.78 Å². The SMILES string of the molecule is CCCNCc1cc(F)ccc1Oc1cccc(C)c1F. The lowest BCUT2D eigenvalue weighted by atomic mass is 10.2. The van der Waals surface area contributed by atoms with Crippen molar-refractivity contribution in [1.29, 1.82) is 0 Å². The van der Waals surface area contributed by atoms with Gasteiger partial charge in [-0.15, -0.1) is 0 Å². The Balaban J connectivity index is 2.24. The van der Waals surface area contributed by atoms with Crippen LogP contribution in [0, 0.1) is 18.6 Å². The van der Waals surface area contributed by atoms with Crippen LogP contribution in [0.4, 0.5) is 8.78 Å². The molecule has 0 spiro atoms. The van der Waals surface area contributed by atoms with E-state index in [0.717, 1.165) is 13.0 Å². The molecule has 1 N–H and O–H groups in total. The molecule has 0 bridgehead atoms. The van der Waals surface area contributed by atoms with Gasteiger partial charge in [0.05, 0.1) is 0 Å². The Labute approximate surface area is 123 Å². The average Bonchev–Trinajstić information content (AvgIpc) is 2.46. The second-order valence-electron chi connectivity index (χ2n) is 4.92. The van der Waals surface area contributed by atoms with Crippen molar-refractivity contribution in [3.8, 4) is 11.5 Å². The Morgan fingerprint density at radius 3 is 2.67 bits per heavy atom. The molecular formula is C17H19F2NO. The number of halogens is 2. The number of rotatable bonds is 6. The fraction of sp³-hybridized carbons (Fsp3) is 0.294. The molecule has 0 unspecified atom stereocenters. The van der Waals surface area contributed by atoms with Crippen LogP contribution in [-0.4, -0.2) is 6.54 Å². The summed E-state index contributed by atoms with van der Waals surface area (Å²) in [6, 6.07) is 9.22. The molecule has 0 aliphatic heterocycles. The van der Waals surface area contributed by atoms with Crippen LogP contribution in [0.3, 0.4) is 0 Å². The summed E-state index contributed by atoms with van der Waals surface area (Å²) in [5.41, 5.74) is 1.18. The third-order valence-corrected chi connectivity index (χ3v) is 3.14. The summed E-state index contributed by atoms with van der Waals surface area (Å²) in [6.45, 7) is 5.04. The van der Waals surface area contributed by atoms with E-state index < -0.39 is 5.82 Å². The molecule has 0 aromatic heterocycles. The maximum atomic E-state index is 14.0. The monoisotopic (exact) mass is 291 g/mol. The van der Waals surface area contributed by atoms with Gasteiger partial charge in [0.1, 0.15) is 11.6 Å². The van der Waals surface area contributed by atoms with Gasteiger partial charge in [0, 0.05) is 12.1 Å². The van der Waals surface area contributed by atoms with Gasteiger partial charge < -0.3 is 10.1 Å². The Morgan fingerprint density at radius 1 is 1.10 bits per heavy atom. The Hall–Kier alpha value is -1.94. The second kappa shape index (κ2) is 7.18. The van der Waals surface area contributed by atoms with E-state index in [1.54, 1.807) is 25.1 Å². The first-order valence-corrected chi connectivity index (χ1v) is 7.04. The molecule has 4 heteroatoms. The topological polar surface area (TPSA) is 21.3 Å². The minimum atomic E-state index is -0.394. The normalized spacial score (nSPS) is 10.7. The molecule has 0 heterocycles. The Kier molecular flexibility index (Phi) is 5.28. The lowest BCUT2D eigenvalue weighted by Gasteiger charge is -2.13. The number of hydrogen-bond donors (Lipinski definition) is 1. The molecule has 2 nitrogen and oxygen atoms in total. The summed E-state index contributed by atoms with van der Waals surface area (Å²) in [7, 11) is 0. The highest BCUT2D eigenvalue weighted by Gasteiger charge is 2.11. The minimum absolute atomic E-state index is 0.151. The van der Waals surface area contributed by atoms with Gasteiger partial charge >= 0.3 is 0 Å². The summed E-state index contributed by atoms with van der Waals surface area (Å²) in [6.07, 6.45) is 0.984. The third-order valence-electron chi connectivity index (χ3n) is 3.14. The zero-order valence-corrected chi connectivity index (χ0v) is 12.2. The number of aryl methyl sites for hydroxylation is 1. The molecule has 2 aromatic carbocycles. The lowest BCUT2D eigenvalue weighted by Crippen LogP contribution is -2.14. The fourth-order valence-electron chi connectivity index (χ4n) is 2.00. The molecule has 0 radical (unpaired) electrons. The molecule has 2 rings (SSSR count). The molecule has 0 aliphatic carbocycles. The van der Waals surface area contributed by atoms with Crippen molar-refractivity contribution in [2.75, 3.05) is 6.54 Å². The van der Waals surface area contributed by atoms with Crippen molar-refractivity contribution >= 4 is 0 Å². The molecule has 0 atom stereocenters. The van der Waals surface area contributed by atoms with Gasteiger partial charge in [0.25, 0.3) is 0 Å². The quantitative estimate of drug-likeness (QED) is 0.787. The van der Waals surface area contributed by atoms with Crippen molar-refractivity contribution < 1.29 is 13.5 Å². The van der Waals surface area contributed by atoms with Gasteiger partial charge in [-0.25, -0.2) is 8.78 Å². The number of ether oxygens (including phenoxy) is 1. The molecular weight excluding hydrogens is 272 g/mol. The van der Waals surface area contributed by atoms with Crippen LogP contribution in [0.25, 0.3) is 0 Å². The molecule has 112 valence electrons. The number of nitrogens with one attached hydrogen (secondary N) is 1. The van der Waals surface area contributed by atoms with Crippen LogP contribution >= 0.6 is 0 Å². The molecule has 0 saturated heterocycles. The standard InChI is InChI=1S/C17H19F2NO/c1-3-9-20-11-13-10-14(18)7-8-15(13)21-16-6-4-5-12(2)17(16)19/h4-8,10,20H,3,9,11H2,1-2H3. The molecule has 2 aromatic rings. The van der Waals surface area contributed by atoms with Gasteiger partial charge in [0.2, 0.25) is 0 Å². The van der Waals surface area contributed by atoms with E-state index in [1.807, 2.05) is 0 Å². The first-order chi connectivity index (χ1) is 10.1. The fourth-order valence-corrected chi connectivity index (χ4v) is 2.00. The maximum absolute atomic E-state index is 14.0. The summed E-state index contributed by atoms with van der Waals surface area (Å²) in [5.74, 6) is -0.113. The highest BCUT2D eigenvalue weighted by Crippen LogP contribution is 2.29. The lowest BCUT2D eigenvalue weighted by molar-refractivity contribution is 0.432. The summed E-state index contributed by atoms with van der Waals surface area (Å²) in [5, 5.41) is 3.19. The highest BCUT2D eigenvalue weighted by atomic mass is 19.1. The molecule has 0 fully saturated rings. The molecule has 0 aliphatic rings. The van der Waals surface area contributed by atoms with Crippen molar-refractivity contribution in [3.63, 3.8) is 0 Å². The first kappa shape index (κ1) is 15.4. The van der Waals surface area contributed by atoms with Crippen LogP contribution in [-0.2, 0) is 6.54 Å². The zero-order chi connectivity index (χ0) is 15.2. The average molecular weight is 291 g/mol. The van der Waals surface area contributed by atoms with E-state index in [0.29, 0.717) is 23.4 Å². The molecule has 21 heavy (non-hydrogen) atoms. The van der Waals surface area contributed by atoms with E-state index >= 15 is 0 Å². The highest BCUT2D eigenvalue weighted by molar-refractivity contribution is 5.40. The summed E-state index contributed by atoms with van der Waals surface area (Å²) < 4.78 is 33.0. The van der Waals surface area contributed by atoms with E-state index in [-0.39, 0.29) is 11.6 Å². The van der Waals surface area contributed by atoms with Crippen LogP contribution in [0.2, 0.25) is 0 Å². The van der Waals surface area contributed by atoms with Crippen molar-refractivity contribution in [2.45, 2.75) is 26.8 Å². The van der Waals surface area contributed by atoms with Gasteiger partial charge in [0.15, 0.2) is 11.6 Å². The van der Waals surface area contributed by atoms with Gasteiger partial charge in [-0.05, 0) is 49.7 Å². The number of hydrogen-bond acceptors (Lipinski definition) is 2. The van der Waals surface area contributed by atoms with E-state index in [2.05, 4.69) is 12.2 Å². The smallest absolute Gasteiger partial charge is 0.168 e. The molecule has 0 amide bonds. The van der Waals surface area contributed by atoms with E-state index in [1.165, 1.54) is 18.2 Å². The molecule has 0 saturated carbocycles. The first-order valence-electron chi connectivity index (χ1n) is 7.04. The van der Waals surface area contributed by atoms with Gasteiger partial charge in [-0.2, -0.15) is 0 Å². The van der Waals surface area contributed by atoms with Gasteiger partial charge in [-0.1, -0.05) is 19.1 Å². The third kappa shape index (κ3) is 4.02. The Morgan fingerprint density at radius 2 is 1.90 bits per heavy atom. The van der Waals surface area contributed by atoms with Crippen molar-refractivity contribution in [3.05, 3.63) is 59.2 Å². The number of benzene rings is 2. The van der Waals surface area contributed by atoms with Crippen LogP contribution in [0.5, 0.6) is 11.5 Å². The largest absolute Gasteiger partial charge is 0.454 e. The van der Waals surface area contributed by atoms with E-state index in [4.69, 9.17) is 4.74 Å². The van der Waals surface area contributed by atoms with Crippen molar-refractivity contribution in [1.82, 2.24) is 5.32 Å². The second-order valence-corrected chi connectivity index (χ2v) is 4.92. The van der Waals surface area contributed by atoms with Crippen molar-refractivity contribution in [2.24, 2.45) is 0 Å². The Bertz CT molecular complexity index is 614.